The molecular weight excluding hydrogens is 238 g/mol. The number of carbonyl (C=O) groups excluding carboxylic acids is 1. The summed E-state index contributed by atoms with van der Waals surface area (Å²) in [5, 5.41) is 0. The molecule has 0 bridgehead atoms. The van der Waals surface area contributed by atoms with Gasteiger partial charge in [0.25, 0.3) is 5.91 Å². The van der Waals surface area contributed by atoms with Crippen LogP contribution in [0.2, 0.25) is 0 Å². The largest absolute Gasteiger partial charge is 0.494 e. The number of hydrogen-bond acceptors (Lipinski definition) is 2. The third-order valence-corrected chi connectivity index (χ3v) is 3.57. The minimum absolute atomic E-state index is 0.140. The van der Waals surface area contributed by atoms with E-state index in [2.05, 4.69) is 13.8 Å². The predicted octanol–water partition coefficient (Wildman–Crippen LogP) is 3.20. The number of hydrogen-bond donors (Lipinski definition) is 0. The molecule has 3 heteroatoms. The molecule has 2 atom stereocenters. The molecule has 2 unspecified atom stereocenters. The maximum atomic E-state index is 12.4. The number of carbonyl (C=O) groups is 1. The van der Waals surface area contributed by atoms with E-state index in [1.54, 1.807) is 0 Å². The summed E-state index contributed by atoms with van der Waals surface area (Å²) in [7, 11) is 0. The summed E-state index contributed by atoms with van der Waals surface area (Å²) in [5.74, 6) is 2.15. The monoisotopic (exact) mass is 261 g/mol. The summed E-state index contributed by atoms with van der Waals surface area (Å²) in [4.78, 5) is 14.4. The average Bonchev–Trinajstić information content (AvgIpc) is 2.38. The van der Waals surface area contributed by atoms with Crippen molar-refractivity contribution in [3.63, 3.8) is 0 Å². The van der Waals surface area contributed by atoms with Gasteiger partial charge in [-0.05, 0) is 49.4 Å². The Balaban J connectivity index is 2.06. The molecule has 0 radical (unpaired) electrons. The van der Waals surface area contributed by atoms with Gasteiger partial charge in [0.2, 0.25) is 0 Å². The summed E-state index contributed by atoms with van der Waals surface area (Å²) in [6.07, 6.45) is 1.22. The fraction of sp³-hybridized carbons (Fsp3) is 0.562. The Labute approximate surface area is 115 Å². The second-order valence-corrected chi connectivity index (χ2v) is 5.61. The van der Waals surface area contributed by atoms with Crippen LogP contribution in [0, 0.1) is 11.8 Å². The maximum absolute atomic E-state index is 12.4. The number of nitrogens with zero attached hydrogens (tertiary/aromatic N) is 1. The highest BCUT2D eigenvalue weighted by Gasteiger charge is 2.25. The van der Waals surface area contributed by atoms with Gasteiger partial charge in [-0.2, -0.15) is 0 Å². The first-order chi connectivity index (χ1) is 9.10. The van der Waals surface area contributed by atoms with E-state index in [1.165, 1.54) is 6.42 Å². The fourth-order valence-corrected chi connectivity index (χ4v) is 2.87. The van der Waals surface area contributed by atoms with Crippen molar-refractivity contribution in [2.45, 2.75) is 27.2 Å². The second-order valence-electron chi connectivity index (χ2n) is 5.61. The van der Waals surface area contributed by atoms with Crippen LogP contribution in [0.25, 0.3) is 0 Å². The number of benzene rings is 1. The van der Waals surface area contributed by atoms with Gasteiger partial charge in [0.15, 0.2) is 0 Å². The zero-order valence-electron chi connectivity index (χ0n) is 12.1. The van der Waals surface area contributed by atoms with Crippen LogP contribution in [0.1, 0.15) is 37.6 Å². The Morgan fingerprint density at radius 2 is 1.79 bits per heavy atom. The molecule has 104 valence electrons. The number of likely N-dealkylation sites (tertiary alicyclic amines) is 1. The van der Waals surface area contributed by atoms with Gasteiger partial charge < -0.3 is 9.64 Å². The Morgan fingerprint density at radius 3 is 2.32 bits per heavy atom. The lowest BCUT2D eigenvalue weighted by Crippen LogP contribution is -2.42. The zero-order chi connectivity index (χ0) is 13.8. The van der Waals surface area contributed by atoms with Crippen molar-refractivity contribution in [2.75, 3.05) is 19.7 Å². The van der Waals surface area contributed by atoms with Crippen molar-refractivity contribution in [3.8, 4) is 5.75 Å². The van der Waals surface area contributed by atoms with Crippen LogP contribution in [0.15, 0.2) is 24.3 Å². The number of piperidine rings is 1. The molecule has 3 nitrogen and oxygen atoms in total. The lowest BCUT2D eigenvalue weighted by molar-refractivity contribution is 0.0623. The minimum atomic E-state index is 0.140. The van der Waals surface area contributed by atoms with E-state index in [9.17, 15) is 4.79 Å². The summed E-state index contributed by atoms with van der Waals surface area (Å²) in [6.45, 7) is 8.78. The van der Waals surface area contributed by atoms with Crippen LogP contribution in [-0.4, -0.2) is 30.5 Å². The van der Waals surface area contributed by atoms with Crippen molar-refractivity contribution >= 4 is 5.91 Å². The summed E-state index contributed by atoms with van der Waals surface area (Å²) < 4.78 is 5.40. The second kappa shape index (κ2) is 6.09. The van der Waals surface area contributed by atoms with Gasteiger partial charge in [-0.3, -0.25) is 4.79 Å². The van der Waals surface area contributed by atoms with E-state index < -0.39 is 0 Å². The molecule has 1 aromatic carbocycles. The van der Waals surface area contributed by atoms with Crippen LogP contribution in [0.3, 0.4) is 0 Å². The van der Waals surface area contributed by atoms with E-state index in [4.69, 9.17) is 4.74 Å². The maximum Gasteiger partial charge on any atom is 0.253 e. The molecular formula is C16H23NO2. The van der Waals surface area contributed by atoms with Crippen molar-refractivity contribution in [1.29, 1.82) is 0 Å². The molecule has 19 heavy (non-hydrogen) atoms. The first-order valence-corrected chi connectivity index (χ1v) is 7.12. The van der Waals surface area contributed by atoms with Gasteiger partial charge in [0.05, 0.1) is 6.61 Å². The van der Waals surface area contributed by atoms with Gasteiger partial charge in [0, 0.05) is 18.7 Å². The third-order valence-electron chi connectivity index (χ3n) is 3.57. The molecule has 1 aliphatic rings. The van der Waals surface area contributed by atoms with Gasteiger partial charge >= 0.3 is 0 Å². The molecule has 0 aromatic heterocycles. The van der Waals surface area contributed by atoms with Gasteiger partial charge in [-0.15, -0.1) is 0 Å². The van der Waals surface area contributed by atoms with Crippen molar-refractivity contribution < 1.29 is 9.53 Å². The predicted molar refractivity (Wildman–Crippen MR) is 76.5 cm³/mol. The molecule has 0 saturated carbocycles. The molecule has 1 saturated heterocycles. The smallest absolute Gasteiger partial charge is 0.253 e. The van der Waals surface area contributed by atoms with Crippen LogP contribution >= 0.6 is 0 Å². The van der Waals surface area contributed by atoms with Crippen LogP contribution in [-0.2, 0) is 0 Å². The molecule has 1 aromatic rings. The fourth-order valence-electron chi connectivity index (χ4n) is 2.87. The van der Waals surface area contributed by atoms with E-state index in [1.807, 2.05) is 36.1 Å². The van der Waals surface area contributed by atoms with Crippen LogP contribution in [0.5, 0.6) is 5.75 Å². The number of amides is 1. The van der Waals surface area contributed by atoms with Crippen molar-refractivity contribution in [2.24, 2.45) is 11.8 Å². The van der Waals surface area contributed by atoms with Crippen molar-refractivity contribution in [1.82, 2.24) is 4.90 Å². The van der Waals surface area contributed by atoms with Crippen LogP contribution < -0.4 is 4.74 Å². The highest BCUT2D eigenvalue weighted by molar-refractivity contribution is 5.94. The summed E-state index contributed by atoms with van der Waals surface area (Å²) in [5.41, 5.74) is 0.754. The third kappa shape index (κ3) is 3.49. The minimum Gasteiger partial charge on any atom is -0.494 e. The lowest BCUT2D eigenvalue weighted by Gasteiger charge is -2.35. The Hall–Kier alpha value is -1.51. The molecule has 1 amide bonds. The Bertz CT molecular complexity index is 417. The standard InChI is InChI=1S/C16H23NO2/c1-4-19-15-7-5-14(6-8-15)16(18)17-10-12(2)9-13(3)11-17/h5-8,12-13H,4,9-11H2,1-3H3. The lowest BCUT2D eigenvalue weighted by atomic mass is 9.91. The quantitative estimate of drug-likeness (QED) is 0.836. The van der Waals surface area contributed by atoms with E-state index in [0.717, 1.165) is 24.4 Å². The molecule has 0 aliphatic carbocycles. The SMILES string of the molecule is CCOc1ccc(C(=O)N2CC(C)CC(C)C2)cc1. The number of ether oxygens (including phenoxy) is 1. The normalized spacial score (nSPS) is 23.2. The zero-order valence-corrected chi connectivity index (χ0v) is 12.1. The molecule has 1 aliphatic heterocycles. The highest BCUT2D eigenvalue weighted by Crippen LogP contribution is 2.23. The molecule has 1 heterocycles. The summed E-state index contributed by atoms with van der Waals surface area (Å²) in [6, 6.07) is 7.45. The van der Waals surface area contributed by atoms with Gasteiger partial charge in [0.1, 0.15) is 5.75 Å². The van der Waals surface area contributed by atoms with Gasteiger partial charge in [-0.25, -0.2) is 0 Å². The summed E-state index contributed by atoms with van der Waals surface area (Å²) >= 11 is 0. The Kier molecular flexibility index (Phi) is 4.46. The molecule has 0 N–H and O–H groups in total. The first kappa shape index (κ1) is 13.9. The van der Waals surface area contributed by atoms with E-state index in [0.29, 0.717) is 18.4 Å². The van der Waals surface area contributed by atoms with Gasteiger partial charge in [-0.1, -0.05) is 13.8 Å². The van der Waals surface area contributed by atoms with Crippen molar-refractivity contribution in [3.05, 3.63) is 29.8 Å². The molecule has 0 spiro atoms. The van der Waals surface area contributed by atoms with E-state index in [-0.39, 0.29) is 5.91 Å². The average molecular weight is 261 g/mol. The topological polar surface area (TPSA) is 29.5 Å². The highest BCUT2D eigenvalue weighted by atomic mass is 16.5. The Morgan fingerprint density at radius 1 is 1.21 bits per heavy atom. The molecule has 1 fully saturated rings. The van der Waals surface area contributed by atoms with Crippen LogP contribution in [0.4, 0.5) is 0 Å². The van der Waals surface area contributed by atoms with E-state index >= 15 is 0 Å². The number of rotatable bonds is 3. The first-order valence-electron chi connectivity index (χ1n) is 7.12. The molecule has 2 rings (SSSR count).